The van der Waals surface area contributed by atoms with Gasteiger partial charge in [0.25, 0.3) is 5.91 Å². The number of halogens is 3. The molecule has 0 unspecified atom stereocenters. The van der Waals surface area contributed by atoms with E-state index in [9.17, 15) is 18.0 Å². The molecule has 0 aromatic carbocycles. The number of amides is 1. The maximum absolute atomic E-state index is 12.6. The van der Waals surface area contributed by atoms with Crippen molar-refractivity contribution in [1.82, 2.24) is 19.7 Å². The molecule has 0 bridgehead atoms. The number of likely N-dealkylation sites (tertiary alicyclic amines) is 1. The highest BCUT2D eigenvalue weighted by atomic mass is 19.4. The quantitative estimate of drug-likeness (QED) is 0.853. The summed E-state index contributed by atoms with van der Waals surface area (Å²) in [5.74, 6) is -0.308. The molecule has 0 saturated carbocycles. The van der Waals surface area contributed by atoms with E-state index >= 15 is 0 Å². The van der Waals surface area contributed by atoms with Crippen LogP contribution in [0.4, 0.5) is 13.2 Å². The summed E-state index contributed by atoms with van der Waals surface area (Å²) in [7, 11) is 1.80. The number of hydrogen-bond donors (Lipinski definition) is 0. The van der Waals surface area contributed by atoms with Gasteiger partial charge >= 0.3 is 6.18 Å². The Bertz CT molecular complexity index is 708. The van der Waals surface area contributed by atoms with Gasteiger partial charge < -0.3 is 4.90 Å². The fraction of sp³-hybridized carbons (Fsp3) is 0.400. The van der Waals surface area contributed by atoms with Crippen LogP contribution >= 0.6 is 0 Å². The minimum Gasteiger partial charge on any atom is -0.331 e. The normalized spacial score (nSPS) is 18.4. The summed E-state index contributed by atoms with van der Waals surface area (Å²) in [6.07, 6.45) is 1.70. The first kappa shape index (κ1) is 15.5. The van der Waals surface area contributed by atoms with Gasteiger partial charge in [-0.1, -0.05) is 0 Å². The van der Waals surface area contributed by atoms with Crippen molar-refractivity contribution in [3.63, 3.8) is 0 Å². The van der Waals surface area contributed by atoms with Crippen LogP contribution in [0.3, 0.4) is 0 Å². The van der Waals surface area contributed by atoms with Gasteiger partial charge in [0.05, 0.1) is 17.8 Å². The van der Waals surface area contributed by atoms with Gasteiger partial charge in [0, 0.05) is 31.5 Å². The number of carbonyl (C=O) groups excluding carboxylic acids is 1. The van der Waals surface area contributed by atoms with E-state index in [0.717, 1.165) is 30.7 Å². The third-order valence-corrected chi connectivity index (χ3v) is 3.92. The topological polar surface area (TPSA) is 51.0 Å². The van der Waals surface area contributed by atoms with Crippen LogP contribution in [0, 0.1) is 0 Å². The molecule has 2 aromatic rings. The molecule has 8 heteroatoms. The average molecular weight is 324 g/mol. The van der Waals surface area contributed by atoms with Crippen molar-refractivity contribution >= 4 is 5.91 Å². The smallest absolute Gasteiger partial charge is 0.331 e. The van der Waals surface area contributed by atoms with Gasteiger partial charge in [-0.15, -0.1) is 0 Å². The molecule has 1 aliphatic rings. The van der Waals surface area contributed by atoms with E-state index in [1.807, 2.05) is 6.20 Å². The number of carbonyl (C=O) groups is 1. The molecule has 0 N–H and O–H groups in total. The van der Waals surface area contributed by atoms with Crippen molar-refractivity contribution in [3.05, 3.63) is 47.5 Å². The lowest BCUT2D eigenvalue weighted by atomic mass is 10.1. The Balaban J connectivity index is 1.82. The van der Waals surface area contributed by atoms with Crippen molar-refractivity contribution in [2.75, 3.05) is 6.54 Å². The Morgan fingerprint density at radius 3 is 2.65 bits per heavy atom. The van der Waals surface area contributed by atoms with Gasteiger partial charge in [-0.25, -0.2) is 0 Å². The van der Waals surface area contributed by atoms with Crippen LogP contribution in [-0.2, 0) is 13.2 Å². The lowest BCUT2D eigenvalue weighted by molar-refractivity contribution is -0.141. The molecule has 3 heterocycles. The van der Waals surface area contributed by atoms with Crippen molar-refractivity contribution in [2.24, 2.45) is 7.05 Å². The number of aromatic nitrogens is 3. The lowest BCUT2D eigenvalue weighted by Crippen LogP contribution is -2.30. The third kappa shape index (κ3) is 3.06. The zero-order valence-corrected chi connectivity index (χ0v) is 12.4. The zero-order valence-electron chi connectivity index (χ0n) is 12.4. The molecule has 1 fully saturated rings. The van der Waals surface area contributed by atoms with Crippen LogP contribution in [0.15, 0.2) is 30.7 Å². The largest absolute Gasteiger partial charge is 0.433 e. The lowest BCUT2D eigenvalue weighted by Gasteiger charge is -2.24. The molecule has 1 saturated heterocycles. The summed E-state index contributed by atoms with van der Waals surface area (Å²) in [4.78, 5) is 17.6. The summed E-state index contributed by atoms with van der Waals surface area (Å²) in [5, 5.41) is 4.11. The third-order valence-electron chi connectivity index (χ3n) is 3.92. The maximum Gasteiger partial charge on any atom is 0.433 e. The summed E-state index contributed by atoms with van der Waals surface area (Å²) >= 11 is 0. The first-order chi connectivity index (χ1) is 10.9. The van der Waals surface area contributed by atoms with Crippen molar-refractivity contribution in [3.8, 4) is 0 Å². The molecule has 122 valence electrons. The second kappa shape index (κ2) is 5.68. The Labute approximate surface area is 130 Å². The Kier molecular flexibility index (Phi) is 3.83. The molecule has 0 spiro atoms. The number of rotatable bonds is 2. The van der Waals surface area contributed by atoms with E-state index in [4.69, 9.17) is 0 Å². The summed E-state index contributed by atoms with van der Waals surface area (Å²) in [5.41, 5.74) is 0.0892. The molecule has 1 aliphatic heterocycles. The molecule has 1 amide bonds. The second-order valence-electron chi connectivity index (χ2n) is 5.53. The van der Waals surface area contributed by atoms with Crippen LogP contribution in [0.5, 0.6) is 0 Å². The summed E-state index contributed by atoms with van der Waals surface area (Å²) in [6.45, 7) is 0.569. The Morgan fingerprint density at radius 2 is 2.09 bits per heavy atom. The highest BCUT2D eigenvalue weighted by Gasteiger charge is 2.34. The molecule has 0 aliphatic carbocycles. The van der Waals surface area contributed by atoms with E-state index < -0.39 is 11.9 Å². The number of alkyl halides is 3. The van der Waals surface area contributed by atoms with E-state index in [-0.39, 0.29) is 17.5 Å². The molecule has 2 aromatic heterocycles. The molecular weight excluding hydrogens is 309 g/mol. The van der Waals surface area contributed by atoms with E-state index in [0.29, 0.717) is 6.54 Å². The molecular formula is C15H15F3N4O. The van der Waals surface area contributed by atoms with Crippen LogP contribution in [-0.4, -0.2) is 32.1 Å². The number of nitrogens with zero attached hydrogens (tertiary/aromatic N) is 4. The summed E-state index contributed by atoms with van der Waals surface area (Å²) < 4.78 is 39.3. The van der Waals surface area contributed by atoms with Crippen molar-refractivity contribution in [1.29, 1.82) is 0 Å². The Hall–Kier alpha value is -2.38. The fourth-order valence-electron chi connectivity index (χ4n) is 2.82. The van der Waals surface area contributed by atoms with Gasteiger partial charge in [-0.05, 0) is 25.0 Å². The monoisotopic (exact) mass is 324 g/mol. The van der Waals surface area contributed by atoms with Gasteiger partial charge in [0.2, 0.25) is 0 Å². The Morgan fingerprint density at radius 1 is 1.30 bits per heavy atom. The molecule has 23 heavy (non-hydrogen) atoms. The first-order valence-electron chi connectivity index (χ1n) is 7.19. The highest BCUT2D eigenvalue weighted by molar-refractivity contribution is 5.94. The first-order valence-corrected chi connectivity index (χ1v) is 7.19. The van der Waals surface area contributed by atoms with Gasteiger partial charge in [-0.3, -0.25) is 14.5 Å². The minimum atomic E-state index is -4.51. The maximum atomic E-state index is 12.6. The van der Waals surface area contributed by atoms with Crippen LogP contribution in [0.2, 0.25) is 0 Å². The fourth-order valence-corrected chi connectivity index (χ4v) is 2.82. The molecule has 3 rings (SSSR count). The van der Waals surface area contributed by atoms with Crippen LogP contribution in [0.25, 0.3) is 0 Å². The SMILES string of the molecule is Cn1cc([C@H]2CCCN2C(=O)c2ccc(C(F)(F)F)nc2)cn1. The van der Waals surface area contributed by atoms with E-state index in [1.165, 1.54) is 6.07 Å². The predicted octanol–water partition coefficient (Wildman–Crippen LogP) is 2.81. The molecule has 1 atom stereocenters. The predicted molar refractivity (Wildman–Crippen MR) is 75.5 cm³/mol. The number of pyridine rings is 1. The average Bonchev–Trinajstić information content (AvgIpc) is 3.14. The molecule has 5 nitrogen and oxygen atoms in total. The summed E-state index contributed by atoms with van der Waals surface area (Å²) in [6, 6.07) is 1.91. The number of hydrogen-bond acceptors (Lipinski definition) is 3. The van der Waals surface area contributed by atoms with Gasteiger partial charge in [0.1, 0.15) is 5.69 Å². The van der Waals surface area contributed by atoms with E-state index in [1.54, 1.807) is 22.8 Å². The van der Waals surface area contributed by atoms with Crippen molar-refractivity contribution in [2.45, 2.75) is 25.1 Å². The van der Waals surface area contributed by atoms with Gasteiger partial charge in [-0.2, -0.15) is 18.3 Å². The van der Waals surface area contributed by atoms with Crippen LogP contribution < -0.4 is 0 Å². The van der Waals surface area contributed by atoms with Crippen LogP contribution in [0.1, 0.15) is 40.5 Å². The second-order valence-corrected chi connectivity index (χ2v) is 5.53. The molecule has 0 radical (unpaired) electrons. The minimum absolute atomic E-state index is 0.0986. The number of aryl methyl sites for hydroxylation is 1. The van der Waals surface area contributed by atoms with Gasteiger partial charge in [0.15, 0.2) is 0 Å². The highest BCUT2D eigenvalue weighted by Crippen LogP contribution is 2.33. The standard InChI is InChI=1S/C15H15F3N4O/c1-21-9-11(8-20-21)12-3-2-6-22(12)14(23)10-4-5-13(19-7-10)15(16,17)18/h4-5,7-9,12H,2-3,6H2,1H3/t12-/m1/s1. The van der Waals surface area contributed by atoms with Crippen molar-refractivity contribution < 1.29 is 18.0 Å². The zero-order chi connectivity index (χ0) is 16.6. The van der Waals surface area contributed by atoms with E-state index in [2.05, 4.69) is 10.1 Å².